The summed E-state index contributed by atoms with van der Waals surface area (Å²) < 4.78 is 0. The summed E-state index contributed by atoms with van der Waals surface area (Å²) in [5, 5.41) is 2.93. The molecule has 0 radical (unpaired) electrons. The van der Waals surface area contributed by atoms with Crippen molar-refractivity contribution < 1.29 is 14.4 Å². The van der Waals surface area contributed by atoms with Crippen LogP contribution in [0.25, 0.3) is 0 Å². The fourth-order valence-corrected chi connectivity index (χ4v) is 4.89. The Morgan fingerprint density at radius 3 is 2.76 bits per heavy atom. The quantitative estimate of drug-likeness (QED) is 0.776. The normalized spacial score (nSPS) is 23.6. The van der Waals surface area contributed by atoms with Crippen LogP contribution in [0.4, 0.5) is 4.79 Å². The van der Waals surface area contributed by atoms with Crippen molar-refractivity contribution in [3.63, 3.8) is 0 Å². The standard InChI is InChI=1S/C23H29N3O3/c1-2-15-25(18-11-4-3-5-12-18)20(27)16-26-21(28)23(24-22(26)29)14-8-10-17-9-6-7-13-19(17)23/h6-7,9,11,13H,2-5,8,10,12,14-16H2,1H3,(H,24,29)/t23-/m0/s1. The van der Waals surface area contributed by atoms with Crippen molar-refractivity contribution in [1.29, 1.82) is 0 Å². The molecule has 0 aromatic heterocycles. The number of allylic oxidation sites excluding steroid dienone is 2. The maximum absolute atomic E-state index is 13.4. The summed E-state index contributed by atoms with van der Waals surface area (Å²) in [7, 11) is 0. The van der Waals surface area contributed by atoms with E-state index in [1.54, 1.807) is 4.90 Å². The molecule has 1 aromatic carbocycles. The van der Waals surface area contributed by atoms with Gasteiger partial charge in [-0.15, -0.1) is 0 Å². The highest BCUT2D eigenvalue weighted by Gasteiger charge is 2.54. The summed E-state index contributed by atoms with van der Waals surface area (Å²) in [5.74, 6) is -0.471. The molecule has 1 spiro atoms. The lowest BCUT2D eigenvalue weighted by Gasteiger charge is -2.33. The second-order valence-corrected chi connectivity index (χ2v) is 8.22. The average molecular weight is 396 g/mol. The molecule has 3 aliphatic rings. The Morgan fingerprint density at radius 1 is 1.17 bits per heavy atom. The van der Waals surface area contributed by atoms with Crippen molar-refractivity contribution in [2.75, 3.05) is 13.1 Å². The van der Waals surface area contributed by atoms with E-state index in [2.05, 4.69) is 11.4 Å². The van der Waals surface area contributed by atoms with E-state index in [1.807, 2.05) is 31.2 Å². The molecule has 1 heterocycles. The van der Waals surface area contributed by atoms with Crippen LogP contribution in [-0.4, -0.2) is 40.7 Å². The molecular weight excluding hydrogens is 366 g/mol. The van der Waals surface area contributed by atoms with Crippen molar-refractivity contribution in [1.82, 2.24) is 15.1 Å². The summed E-state index contributed by atoms with van der Waals surface area (Å²) in [6, 6.07) is 7.34. The molecule has 1 saturated heterocycles. The highest BCUT2D eigenvalue weighted by molar-refractivity contribution is 6.09. The van der Waals surface area contributed by atoms with Crippen LogP contribution < -0.4 is 5.32 Å². The average Bonchev–Trinajstić information content (AvgIpc) is 2.97. The van der Waals surface area contributed by atoms with Gasteiger partial charge in [0.05, 0.1) is 0 Å². The molecule has 0 bridgehead atoms. The minimum atomic E-state index is -1.02. The Balaban J connectivity index is 1.57. The van der Waals surface area contributed by atoms with Crippen molar-refractivity contribution in [3.05, 3.63) is 47.2 Å². The van der Waals surface area contributed by atoms with Gasteiger partial charge in [0.25, 0.3) is 5.91 Å². The molecule has 1 fully saturated rings. The van der Waals surface area contributed by atoms with Gasteiger partial charge < -0.3 is 10.2 Å². The van der Waals surface area contributed by atoms with Crippen LogP contribution in [0.15, 0.2) is 36.0 Å². The number of amides is 4. The number of fused-ring (bicyclic) bond motifs is 2. The second kappa shape index (κ2) is 8.01. The molecule has 1 atom stereocenters. The number of rotatable bonds is 5. The van der Waals surface area contributed by atoms with E-state index in [9.17, 15) is 14.4 Å². The summed E-state index contributed by atoms with van der Waals surface area (Å²) in [6.45, 7) is 2.44. The van der Waals surface area contributed by atoms with Crippen LogP contribution >= 0.6 is 0 Å². The molecule has 4 rings (SSSR count). The van der Waals surface area contributed by atoms with Crippen LogP contribution in [0, 0.1) is 0 Å². The Hall–Kier alpha value is -2.63. The lowest BCUT2D eigenvalue weighted by Crippen LogP contribution is -2.47. The van der Waals surface area contributed by atoms with Gasteiger partial charge in [0.15, 0.2) is 0 Å². The van der Waals surface area contributed by atoms with Gasteiger partial charge >= 0.3 is 6.03 Å². The van der Waals surface area contributed by atoms with Gasteiger partial charge in [0, 0.05) is 12.2 Å². The highest BCUT2D eigenvalue weighted by atomic mass is 16.2. The molecule has 6 heteroatoms. The lowest BCUT2D eigenvalue weighted by atomic mass is 9.76. The molecular formula is C23H29N3O3. The van der Waals surface area contributed by atoms with E-state index >= 15 is 0 Å². The third kappa shape index (κ3) is 3.45. The predicted octanol–water partition coefficient (Wildman–Crippen LogP) is 3.47. The van der Waals surface area contributed by atoms with Crippen molar-refractivity contribution in [3.8, 4) is 0 Å². The minimum absolute atomic E-state index is 0.176. The fraction of sp³-hybridized carbons (Fsp3) is 0.522. The van der Waals surface area contributed by atoms with Gasteiger partial charge in [0.2, 0.25) is 5.91 Å². The van der Waals surface area contributed by atoms with Crippen LogP contribution in [0.5, 0.6) is 0 Å². The number of urea groups is 1. The zero-order valence-electron chi connectivity index (χ0n) is 17.1. The Labute approximate surface area is 171 Å². The number of nitrogens with one attached hydrogen (secondary N) is 1. The maximum atomic E-state index is 13.4. The molecule has 1 aliphatic heterocycles. The number of imide groups is 1. The SMILES string of the molecule is CCCN(C(=O)CN1C(=O)N[C@]2(CCCc3ccccc32)C1=O)C1=CCCCC1. The number of aryl methyl sites for hydroxylation is 1. The van der Waals surface area contributed by atoms with Gasteiger partial charge in [-0.3, -0.25) is 14.5 Å². The van der Waals surface area contributed by atoms with Crippen molar-refractivity contribution in [2.24, 2.45) is 0 Å². The topological polar surface area (TPSA) is 69.7 Å². The first-order valence-corrected chi connectivity index (χ1v) is 10.8. The number of carbonyl (C=O) groups is 3. The van der Waals surface area contributed by atoms with Gasteiger partial charge in [0.1, 0.15) is 12.1 Å². The number of benzene rings is 1. The van der Waals surface area contributed by atoms with Crippen LogP contribution in [-0.2, 0) is 21.5 Å². The monoisotopic (exact) mass is 395 g/mol. The first kappa shape index (κ1) is 19.7. The van der Waals surface area contributed by atoms with Gasteiger partial charge in [-0.05, 0) is 62.5 Å². The van der Waals surface area contributed by atoms with Crippen LogP contribution in [0.2, 0.25) is 0 Å². The first-order valence-electron chi connectivity index (χ1n) is 10.8. The predicted molar refractivity (Wildman–Crippen MR) is 110 cm³/mol. The zero-order valence-corrected chi connectivity index (χ0v) is 17.1. The van der Waals surface area contributed by atoms with E-state index < -0.39 is 11.6 Å². The largest absolute Gasteiger partial charge is 0.325 e. The molecule has 0 unspecified atom stereocenters. The molecule has 1 aromatic rings. The zero-order chi connectivity index (χ0) is 20.4. The summed E-state index contributed by atoms with van der Waals surface area (Å²) >= 11 is 0. The van der Waals surface area contributed by atoms with Gasteiger partial charge in [-0.1, -0.05) is 37.3 Å². The number of hydrogen-bond acceptors (Lipinski definition) is 3. The summed E-state index contributed by atoms with van der Waals surface area (Å²) in [6.07, 6.45) is 9.34. The fourth-order valence-electron chi connectivity index (χ4n) is 4.89. The highest BCUT2D eigenvalue weighted by Crippen LogP contribution is 2.39. The molecule has 0 saturated carbocycles. The van der Waals surface area contributed by atoms with E-state index in [0.717, 1.165) is 66.7 Å². The lowest BCUT2D eigenvalue weighted by molar-refractivity contribution is -0.138. The molecule has 154 valence electrons. The van der Waals surface area contributed by atoms with Crippen molar-refractivity contribution >= 4 is 17.8 Å². The Kier molecular flexibility index (Phi) is 5.43. The second-order valence-electron chi connectivity index (χ2n) is 8.22. The van der Waals surface area contributed by atoms with E-state index in [4.69, 9.17) is 0 Å². The summed E-state index contributed by atoms with van der Waals surface area (Å²) in [5.41, 5.74) is 1.99. The molecule has 4 amide bonds. The first-order chi connectivity index (χ1) is 14.1. The Morgan fingerprint density at radius 2 is 2.00 bits per heavy atom. The van der Waals surface area contributed by atoms with Crippen LogP contribution in [0.3, 0.4) is 0 Å². The van der Waals surface area contributed by atoms with E-state index in [0.29, 0.717) is 13.0 Å². The van der Waals surface area contributed by atoms with Gasteiger partial charge in [-0.2, -0.15) is 0 Å². The number of nitrogens with zero attached hydrogens (tertiary/aromatic N) is 2. The third-order valence-corrected chi connectivity index (χ3v) is 6.31. The maximum Gasteiger partial charge on any atom is 0.325 e. The van der Waals surface area contributed by atoms with E-state index in [-0.39, 0.29) is 18.4 Å². The number of hydrogen-bond donors (Lipinski definition) is 1. The molecule has 6 nitrogen and oxygen atoms in total. The number of carbonyl (C=O) groups excluding carboxylic acids is 3. The molecule has 29 heavy (non-hydrogen) atoms. The minimum Gasteiger partial charge on any atom is -0.319 e. The third-order valence-electron chi connectivity index (χ3n) is 6.31. The summed E-state index contributed by atoms with van der Waals surface area (Å²) in [4.78, 5) is 42.2. The molecule has 1 N–H and O–H groups in total. The van der Waals surface area contributed by atoms with Crippen molar-refractivity contribution in [2.45, 2.75) is 63.8 Å². The van der Waals surface area contributed by atoms with Crippen LogP contribution in [0.1, 0.15) is 63.0 Å². The smallest absolute Gasteiger partial charge is 0.319 e. The Bertz CT molecular complexity index is 863. The molecule has 2 aliphatic carbocycles. The van der Waals surface area contributed by atoms with Gasteiger partial charge in [-0.25, -0.2) is 4.79 Å². The van der Waals surface area contributed by atoms with E-state index in [1.165, 1.54) is 0 Å².